The molecule has 0 amide bonds. The summed E-state index contributed by atoms with van der Waals surface area (Å²) in [5, 5.41) is 0.552. The number of nitrogens with zero attached hydrogens (tertiary/aromatic N) is 3. The van der Waals surface area contributed by atoms with Crippen LogP contribution in [0.5, 0.6) is 0 Å². The fourth-order valence-electron chi connectivity index (χ4n) is 4.52. The number of rotatable bonds is 1. The zero-order chi connectivity index (χ0) is 16.9. The van der Waals surface area contributed by atoms with Crippen molar-refractivity contribution in [3.05, 3.63) is 40.9 Å². The van der Waals surface area contributed by atoms with Gasteiger partial charge >= 0.3 is 0 Å². The summed E-state index contributed by atoms with van der Waals surface area (Å²) in [7, 11) is 0. The summed E-state index contributed by atoms with van der Waals surface area (Å²) in [5.41, 5.74) is 2.93. The van der Waals surface area contributed by atoms with E-state index in [0.717, 1.165) is 36.1 Å². The molecule has 3 atom stereocenters. The molecule has 2 heterocycles. The number of hydrogen-bond donors (Lipinski definition) is 0. The Morgan fingerprint density at radius 3 is 2.71 bits per heavy atom. The lowest BCUT2D eigenvalue weighted by Crippen LogP contribution is -2.47. The van der Waals surface area contributed by atoms with Crippen molar-refractivity contribution in [1.82, 2.24) is 15.0 Å². The third-order valence-electron chi connectivity index (χ3n) is 5.96. The Morgan fingerprint density at radius 1 is 1.21 bits per heavy atom. The van der Waals surface area contributed by atoms with Crippen molar-refractivity contribution >= 4 is 17.4 Å². The maximum absolute atomic E-state index is 12.2. The van der Waals surface area contributed by atoms with E-state index >= 15 is 0 Å². The average molecular weight is 342 g/mol. The molecular formula is C19H20ClN3O. The van der Waals surface area contributed by atoms with Crippen LogP contribution in [0.2, 0.25) is 5.15 Å². The van der Waals surface area contributed by atoms with Crippen molar-refractivity contribution in [3.8, 4) is 11.4 Å². The van der Waals surface area contributed by atoms with E-state index in [1.54, 1.807) is 12.4 Å². The fourth-order valence-corrected chi connectivity index (χ4v) is 4.78. The van der Waals surface area contributed by atoms with Gasteiger partial charge in [0.05, 0.1) is 5.69 Å². The minimum Gasteiger partial charge on any atom is -0.299 e. The first-order chi connectivity index (χ1) is 11.5. The molecule has 2 aromatic rings. The summed E-state index contributed by atoms with van der Waals surface area (Å²) in [4.78, 5) is 25.7. The summed E-state index contributed by atoms with van der Waals surface area (Å²) >= 11 is 6.52. The number of aromatic nitrogens is 3. The number of Topliss-reactive ketones (excluding diaryl/α,β-unsaturated/α-hetero) is 1. The van der Waals surface area contributed by atoms with Crippen LogP contribution in [0, 0.1) is 11.8 Å². The van der Waals surface area contributed by atoms with Crippen LogP contribution in [-0.4, -0.2) is 20.7 Å². The molecule has 4 rings (SSSR count). The summed E-state index contributed by atoms with van der Waals surface area (Å²) in [5.74, 6) is 1.46. The van der Waals surface area contributed by atoms with Crippen LogP contribution in [0.25, 0.3) is 11.4 Å². The minimum absolute atomic E-state index is 0.0926. The highest BCUT2D eigenvalue weighted by Gasteiger charge is 2.49. The molecule has 0 aromatic carbocycles. The van der Waals surface area contributed by atoms with Gasteiger partial charge in [-0.3, -0.25) is 9.78 Å². The lowest BCUT2D eigenvalue weighted by molar-refractivity contribution is -0.128. The molecule has 2 aromatic heterocycles. The Bertz CT molecular complexity index is 808. The Balaban J connectivity index is 1.87. The minimum atomic E-state index is -0.102. The number of fused-ring (bicyclic) bond motifs is 3. The van der Waals surface area contributed by atoms with Crippen molar-refractivity contribution in [2.24, 2.45) is 11.8 Å². The first-order valence-electron chi connectivity index (χ1n) is 8.50. The average Bonchev–Trinajstić information content (AvgIpc) is 2.60. The monoisotopic (exact) mass is 341 g/mol. The molecule has 124 valence electrons. The Morgan fingerprint density at radius 2 is 1.96 bits per heavy atom. The lowest BCUT2D eigenvalue weighted by atomic mass is 9.56. The number of pyridine rings is 1. The normalized spacial score (nSPS) is 29.0. The van der Waals surface area contributed by atoms with Crippen LogP contribution in [0.1, 0.15) is 44.4 Å². The molecule has 4 nitrogen and oxygen atoms in total. The van der Waals surface area contributed by atoms with E-state index in [2.05, 4.69) is 23.8 Å². The molecule has 0 spiro atoms. The second-order valence-electron chi connectivity index (χ2n) is 7.22. The molecule has 0 N–H and O–H groups in total. The number of hydrogen-bond acceptors (Lipinski definition) is 4. The first-order valence-corrected chi connectivity index (χ1v) is 8.88. The predicted octanol–water partition coefficient (Wildman–Crippen LogP) is 4.01. The smallest absolute Gasteiger partial charge is 0.161 e. The van der Waals surface area contributed by atoms with Gasteiger partial charge in [0.25, 0.3) is 0 Å². The third kappa shape index (κ3) is 2.27. The van der Waals surface area contributed by atoms with E-state index in [4.69, 9.17) is 16.6 Å². The summed E-state index contributed by atoms with van der Waals surface area (Å²) < 4.78 is 0. The molecule has 2 aliphatic carbocycles. The highest BCUT2D eigenvalue weighted by atomic mass is 35.5. The number of halogens is 1. The summed E-state index contributed by atoms with van der Waals surface area (Å²) in [6.07, 6.45) is 6.77. The SMILES string of the molecule is C[C@H]1C(=O)CC[C@@]2(C)c3nc(-c4ccncc4)nc(Cl)c3CC[C@H]12. The van der Waals surface area contributed by atoms with Crippen LogP contribution in [0.3, 0.4) is 0 Å². The van der Waals surface area contributed by atoms with Crippen LogP contribution < -0.4 is 0 Å². The second kappa shape index (κ2) is 5.62. The van der Waals surface area contributed by atoms with Gasteiger partial charge in [0, 0.05) is 41.3 Å². The molecule has 0 saturated heterocycles. The molecular weight excluding hydrogens is 322 g/mol. The van der Waals surface area contributed by atoms with Crippen LogP contribution in [0.4, 0.5) is 0 Å². The number of carbonyl (C=O) groups excluding carboxylic acids is 1. The van der Waals surface area contributed by atoms with Crippen molar-refractivity contribution in [2.45, 2.75) is 44.9 Å². The van der Waals surface area contributed by atoms with E-state index in [1.165, 1.54) is 0 Å². The lowest BCUT2D eigenvalue weighted by Gasteiger charge is -2.47. The van der Waals surface area contributed by atoms with Gasteiger partial charge in [0.15, 0.2) is 5.82 Å². The van der Waals surface area contributed by atoms with Crippen LogP contribution >= 0.6 is 11.6 Å². The van der Waals surface area contributed by atoms with E-state index in [0.29, 0.717) is 29.1 Å². The van der Waals surface area contributed by atoms with Gasteiger partial charge in [-0.25, -0.2) is 9.97 Å². The number of carbonyl (C=O) groups is 1. The zero-order valence-electron chi connectivity index (χ0n) is 13.9. The van der Waals surface area contributed by atoms with Gasteiger partial charge in [-0.15, -0.1) is 0 Å². The van der Waals surface area contributed by atoms with Crippen molar-refractivity contribution in [3.63, 3.8) is 0 Å². The molecule has 5 heteroatoms. The van der Waals surface area contributed by atoms with Gasteiger partial charge in [0.1, 0.15) is 10.9 Å². The van der Waals surface area contributed by atoms with Gasteiger partial charge in [-0.1, -0.05) is 25.4 Å². The molecule has 0 aliphatic heterocycles. The second-order valence-corrected chi connectivity index (χ2v) is 7.58. The summed E-state index contributed by atoms with van der Waals surface area (Å²) in [6.45, 7) is 4.32. The van der Waals surface area contributed by atoms with Gasteiger partial charge in [0.2, 0.25) is 0 Å². The molecule has 2 aliphatic rings. The first kappa shape index (κ1) is 15.7. The quantitative estimate of drug-likeness (QED) is 0.735. The summed E-state index contributed by atoms with van der Waals surface area (Å²) in [6, 6.07) is 3.79. The Kier molecular flexibility index (Phi) is 3.68. The molecule has 0 radical (unpaired) electrons. The maximum atomic E-state index is 12.2. The van der Waals surface area contributed by atoms with Gasteiger partial charge in [-0.05, 0) is 37.3 Å². The van der Waals surface area contributed by atoms with Gasteiger partial charge in [-0.2, -0.15) is 0 Å². The highest BCUT2D eigenvalue weighted by Crippen LogP contribution is 2.51. The maximum Gasteiger partial charge on any atom is 0.161 e. The van der Waals surface area contributed by atoms with Crippen LogP contribution in [0.15, 0.2) is 24.5 Å². The Labute approximate surface area is 146 Å². The molecule has 1 saturated carbocycles. The van der Waals surface area contributed by atoms with E-state index in [1.807, 2.05) is 12.1 Å². The third-order valence-corrected chi connectivity index (χ3v) is 6.27. The van der Waals surface area contributed by atoms with Crippen LogP contribution in [-0.2, 0) is 16.6 Å². The molecule has 0 unspecified atom stereocenters. The van der Waals surface area contributed by atoms with Crippen molar-refractivity contribution in [2.75, 3.05) is 0 Å². The van der Waals surface area contributed by atoms with E-state index in [-0.39, 0.29) is 11.3 Å². The predicted molar refractivity (Wildman–Crippen MR) is 92.8 cm³/mol. The van der Waals surface area contributed by atoms with E-state index in [9.17, 15) is 4.79 Å². The fraction of sp³-hybridized carbons (Fsp3) is 0.474. The standard InChI is InChI=1S/C19H20ClN3O/c1-11-14-4-3-13-16(19(14,2)8-5-15(11)24)22-18(23-17(13)20)12-6-9-21-10-7-12/h6-7,9-11,14H,3-5,8H2,1-2H3/t11-,14-,19-/m1/s1. The molecule has 1 fully saturated rings. The van der Waals surface area contributed by atoms with E-state index < -0.39 is 0 Å². The largest absolute Gasteiger partial charge is 0.299 e. The molecule has 0 bridgehead atoms. The topological polar surface area (TPSA) is 55.7 Å². The van der Waals surface area contributed by atoms with Crippen molar-refractivity contribution in [1.29, 1.82) is 0 Å². The van der Waals surface area contributed by atoms with Gasteiger partial charge < -0.3 is 0 Å². The Hall–Kier alpha value is -1.81. The molecule has 24 heavy (non-hydrogen) atoms. The number of ketones is 1. The zero-order valence-corrected chi connectivity index (χ0v) is 14.7. The van der Waals surface area contributed by atoms with Crippen molar-refractivity contribution < 1.29 is 4.79 Å². The highest BCUT2D eigenvalue weighted by molar-refractivity contribution is 6.30.